The van der Waals surface area contributed by atoms with Gasteiger partial charge in [0.25, 0.3) is 5.91 Å². The van der Waals surface area contributed by atoms with Crippen molar-refractivity contribution in [3.05, 3.63) is 23.6 Å². The Labute approximate surface area is 144 Å². The van der Waals surface area contributed by atoms with Gasteiger partial charge in [-0.3, -0.25) is 9.59 Å². The Balaban J connectivity index is 1.77. The topological polar surface area (TPSA) is 78.7 Å². The van der Waals surface area contributed by atoms with E-state index < -0.39 is 0 Å². The molecule has 2 aromatic heterocycles. The van der Waals surface area contributed by atoms with E-state index in [1.807, 2.05) is 18.9 Å². The number of nitrogens with zero attached hydrogens (tertiary/aromatic N) is 3. The summed E-state index contributed by atoms with van der Waals surface area (Å²) in [4.78, 5) is 32.8. The minimum Gasteiger partial charge on any atom is -0.450 e. The lowest BCUT2D eigenvalue weighted by molar-refractivity contribution is -0.114. The molecule has 3 rings (SSSR count). The molecule has 24 heavy (non-hydrogen) atoms. The second kappa shape index (κ2) is 6.74. The number of carbonyl (C=O) groups is 2. The molecule has 3 heterocycles. The summed E-state index contributed by atoms with van der Waals surface area (Å²) in [5.74, 6) is 0.682. The van der Waals surface area contributed by atoms with Gasteiger partial charge < -0.3 is 19.5 Å². The van der Waals surface area contributed by atoms with Gasteiger partial charge in [-0.2, -0.15) is 0 Å². The Bertz CT molecular complexity index is 759. The van der Waals surface area contributed by atoms with Gasteiger partial charge in [0.15, 0.2) is 10.9 Å². The van der Waals surface area contributed by atoms with Gasteiger partial charge in [0.2, 0.25) is 5.91 Å². The van der Waals surface area contributed by atoms with E-state index in [0.29, 0.717) is 29.7 Å². The Morgan fingerprint density at radius 3 is 2.62 bits per heavy atom. The third-order valence-corrected chi connectivity index (χ3v) is 5.00. The highest BCUT2D eigenvalue weighted by Crippen LogP contribution is 2.34. The van der Waals surface area contributed by atoms with Crippen LogP contribution in [0.25, 0.3) is 10.6 Å². The van der Waals surface area contributed by atoms with Crippen LogP contribution in [0.3, 0.4) is 0 Å². The number of furan rings is 1. The molecule has 0 aromatic carbocycles. The molecule has 0 bridgehead atoms. The van der Waals surface area contributed by atoms with Crippen LogP contribution in [0.5, 0.6) is 0 Å². The van der Waals surface area contributed by atoms with Gasteiger partial charge in [0, 0.05) is 33.1 Å². The lowest BCUT2D eigenvalue weighted by Gasteiger charge is -2.31. The molecule has 1 N–H and O–H groups in total. The van der Waals surface area contributed by atoms with Crippen molar-refractivity contribution >= 4 is 28.3 Å². The van der Waals surface area contributed by atoms with Crippen molar-refractivity contribution in [2.45, 2.75) is 13.8 Å². The van der Waals surface area contributed by atoms with Gasteiger partial charge in [0.1, 0.15) is 5.76 Å². The normalized spacial score (nSPS) is 15.5. The molecule has 0 radical (unpaired) electrons. The summed E-state index contributed by atoms with van der Waals surface area (Å²) < 4.78 is 5.76. The van der Waals surface area contributed by atoms with Gasteiger partial charge in [-0.15, -0.1) is 0 Å². The van der Waals surface area contributed by atoms with Crippen LogP contribution in [-0.4, -0.2) is 59.8 Å². The monoisotopic (exact) mass is 348 g/mol. The number of nitrogens with one attached hydrogen (secondary N) is 1. The Hall–Kier alpha value is -2.19. The number of aryl methyl sites for hydroxylation is 1. The van der Waals surface area contributed by atoms with E-state index in [1.54, 1.807) is 12.1 Å². The van der Waals surface area contributed by atoms with E-state index in [-0.39, 0.29) is 11.8 Å². The van der Waals surface area contributed by atoms with Crippen LogP contribution in [0.1, 0.15) is 23.2 Å². The van der Waals surface area contributed by atoms with E-state index in [4.69, 9.17) is 4.42 Å². The number of thiazole rings is 1. The quantitative estimate of drug-likeness (QED) is 0.918. The van der Waals surface area contributed by atoms with Crippen LogP contribution in [0.4, 0.5) is 5.13 Å². The second-order valence-corrected chi connectivity index (χ2v) is 6.87. The van der Waals surface area contributed by atoms with Crippen LogP contribution in [-0.2, 0) is 4.79 Å². The van der Waals surface area contributed by atoms with Crippen LogP contribution < -0.4 is 5.32 Å². The van der Waals surface area contributed by atoms with Gasteiger partial charge in [-0.25, -0.2) is 4.98 Å². The Kier molecular flexibility index (Phi) is 4.68. The maximum Gasteiger partial charge on any atom is 0.289 e. The zero-order chi connectivity index (χ0) is 17.3. The summed E-state index contributed by atoms with van der Waals surface area (Å²) in [6.45, 7) is 6.44. The highest BCUT2D eigenvalue weighted by atomic mass is 32.1. The predicted molar refractivity (Wildman–Crippen MR) is 92.3 cm³/mol. The fourth-order valence-corrected chi connectivity index (χ4v) is 3.54. The first-order valence-electron chi connectivity index (χ1n) is 7.77. The molecule has 7 nitrogen and oxygen atoms in total. The van der Waals surface area contributed by atoms with Gasteiger partial charge in [-0.1, -0.05) is 11.3 Å². The fourth-order valence-electron chi connectivity index (χ4n) is 2.57. The van der Waals surface area contributed by atoms with Crippen molar-refractivity contribution in [3.63, 3.8) is 0 Å². The molecule has 0 atom stereocenters. The zero-order valence-electron chi connectivity index (χ0n) is 14.0. The standard InChI is InChI=1S/C16H20N4O3S/c1-10-14(24-16(17-10)18-11(2)21)12-4-5-13(23-12)15(22)20-8-6-19(3)7-9-20/h4-5H,6-9H2,1-3H3,(H,17,18,21). The fraction of sp³-hybridized carbons (Fsp3) is 0.438. The molecule has 1 aliphatic rings. The molecule has 0 spiro atoms. The summed E-state index contributed by atoms with van der Waals surface area (Å²) in [7, 11) is 2.05. The molecular weight excluding hydrogens is 328 g/mol. The summed E-state index contributed by atoms with van der Waals surface area (Å²) in [5, 5.41) is 3.19. The highest BCUT2D eigenvalue weighted by Gasteiger charge is 2.24. The third kappa shape index (κ3) is 3.49. The zero-order valence-corrected chi connectivity index (χ0v) is 14.8. The van der Waals surface area contributed by atoms with Crippen molar-refractivity contribution < 1.29 is 14.0 Å². The number of rotatable bonds is 3. The van der Waals surface area contributed by atoms with Crippen LogP contribution in [0.2, 0.25) is 0 Å². The molecule has 0 unspecified atom stereocenters. The third-order valence-electron chi connectivity index (χ3n) is 3.91. The smallest absolute Gasteiger partial charge is 0.289 e. The number of piperazine rings is 1. The summed E-state index contributed by atoms with van der Waals surface area (Å²) in [6.07, 6.45) is 0. The maximum absolute atomic E-state index is 12.5. The average Bonchev–Trinajstić information content (AvgIpc) is 3.13. The molecule has 2 aromatic rings. The highest BCUT2D eigenvalue weighted by molar-refractivity contribution is 7.19. The van der Waals surface area contributed by atoms with Gasteiger partial charge >= 0.3 is 0 Å². The lowest BCUT2D eigenvalue weighted by Crippen LogP contribution is -2.47. The lowest BCUT2D eigenvalue weighted by atomic mass is 10.3. The first-order valence-corrected chi connectivity index (χ1v) is 8.58. The van der Waals surface area contributed by atoms with Crippen LogP contribution >= 0.6 is 11.3 Å². The van der Waals surface area contributed by atoms with E-state index >= 15 is 0 Å². The maximum atomic E-state index is 12.5. The first-order chi connectivity index (χ1) is 11.4. The summed E-state index contributed by atoms with van der Waals surface area (Å²) >= 11 is 1.33. The van der Waals surface area contributed by atoms with Crippen molar-refractivity contribution in [3.8, 4) is 10.6 Å². The molecular formula is C16H20N4O3S. The molecule has 2 amide bonds. The minimum absolute atomic E-state index is 0.0846. The Morgan fingerprint density at radius 1 is 1.25 bits per heavy atom. The number of hydrogen-bond donors (Lipinski definition) is 1. The minimum atomic E-state index is -0.166. The number of anilines is 1. The van der Waals surface area contributed by atoms with Crippen molar-refractivity contribution in [2.75, 3.05) is 38.5 Å². The van der Waals surface area contributed by atoms with Gasteiger partial charge in [-0.05, 0) is 26.1 Å². The number of amides is 2. The van der Waals surface area contributed by atoms with Crippen molar-refractivity contribution in [2.24, 2.45) is 0 Å². The predicted octanol–water partition coefficient (Wildman–Crippen LogP) is 2.06. The molecule has 128 valence electrons. The van der Waals surface area contributed by atoms with Crippen LogP contribution in [0.15, 0.2) is 16.5 Å². The second-order valence-electron chi connectivity index (χ2n) is 5.87. The summed E-state index contributed by atoms with van der Waals surface area (Å²) in [6, 6.07) is 3.48. The molecule has 1 fully saturated rings. The van der Waals surface area contributed by atoms with E-state index in [1.165, 1.54) is 18.3 Å². The van der Waals surface area contributed by atoms with E-state index in [0.717, 1.165) is 23.7 Å². The SMILES string of the molecule is CC(=O)Nc1nc(C)c(-c2ccc(C(=O)N3CCN(C)CC3)o2)s1. The van der Waals surface area contributed by atoms with Crippen LogP contribution in [0, 0.1) is 6.92 Å². The molecule has 8 heteroatoms. The number of aromatic nitrogens is 1. The molecule has 1 saturated heterocycles. The van der Waals surface area contributed by atoms with Gasteiger partial charge in [0.05, 0.1) is 10.6 Å². The largest absolute Gasteiger partial charge is 0.450 e. The summed E-state index contributed by atoms with van der Waals surface area (Å²) in [5.41, 5.74) is 0.761. The first kappa shape index (κ1) is 16.7. The number of hydrogen-bond acceptors (Lipinski definition) is 6. The average molecular weight is 348 g/mol. The Morgan fingerprint density at radius 2 is 1.96 bits per heavy atom. The van der Waals surface area contributed by atoms with Crippen molar-refractivity contribution in [1.29, 1.82) is 0 Å². The molecule has 0 aliphatic carbocycles. The van der Waals surface area contributed by atoms with E-state index in [9.17, 15) is 9.59 Å². The van der Waals surface area contributed by atoms with E-state index in [2.05, 4.69) is 15.2 Å². The number of likely N-dealkylation sites (N-methyl/N-ethyl adjacent to an activating group) is 1. The number of carbonyl (C=O) groups excluding carboxylic acids is 2. The van der Waals surface area contributed by atoms with Crippen molar-refractivity contribution in [1.82, 2.24) is 14.8 Å². The molecule has 1 aliphatic heterocycles. The molecule has 0 saturated carbocycles.